The fourth-order valence-corrected chi connectivity index (χ4v) is 3.41. The van der Waals surface area contributed by atoms with Crippen molar-refractivity contribution >= 4 is 0 Å². The summed E-state index contributed by atoms with van der Waals surface area (Å²) in [6.45, 7) is 2.97. The molecule has 1 aliphatic carbocycles. The Kier molecular flexibility index (Phi) is 5.07. The van der Waals surface area contributed by atoms with Crippen LogP contribution in [0.1, 0.15) is 44.9 Å². The zero-order chi connectivity index (χ0) is 11.2. The van der Waals surface area contributed by atoms with E-state index in [0.29, 0.717) is 6.04 Å². The summed E-state index contributed by atoms with van der Waals surface area (Å²) in [6, 6.07) is 1.48. The van der Waals surface area contributed by atoms with Gasteiger partial charge in [-0.15, -0.1) is 0 Å². The molecule has 1 aliphatic heterocycles. The predicted molar refractivity (Wildman–Crippen MR) is 68.4 cm³/mol. The molecule has 1 saturated heterocycles. The molecule has 2 rings (SSSR count). The first kappa shape index (κ1) is 12.3. The molecule has 0 aromatic carbocycles. The van der Waals surface area contributed by atoms with Crippen molar-refractivity contribution in [2.75, 3.05) is 19.6 Å². The summed E-state index contributed by atoms with van der Waals surface area (Å²) in [5.41, 5.74) is 5.59. The van der Waals surface area contributed by atoms with Crippen molar-refractivity contribution in [1.29, 1.82) is 0 Å². The molecule has 2 aliphatic rings. The monoisotopic (exact) mass is 225 g/mol. The molecule has 0 spiro atoms. The Morgan fingerprint density at radius 1 is 1.06 bits per heavy atom. The van der Waals surface area contributed by atoms with Gasteiger partial charge in [-0.1, -0.05) is 19.3 Å². The summed E-state index contributed by atoms with van der Waals surface area (Å²) in [5, 5.41) is 7.38. The first-order valence-corrected chi connectivity index (χ1v) is 7.08. The molecule has 0 aromatic rings. The van der Waals surface area contributed by atoms with Crippen LogP contribution in [0.15, 0.2) is 0 Å². The second kappa shape index (κ2) is 6.58. The molecular weight excluding hydrogens is 198 g/mol. The summed E-state index contributed by atoms with van der Waals surface area (Å²) < 4.78 is 0. The van der Waals surface area contributed by atoms with Crippen molar-refractivity contribution in [2.24, 2.45) is 11.7 Å². The zero-order valence-electron chi connectivity index (χ0n) is 10.4. The van der Waals surface area contributed by atoms with Crippen LogP contribution in [0.2, 0.25) is 0 Å². The van der Waals surface area contributed by atoms with Gasteiger partial charge in [0, 0.05) is 25.2 Å². The average Bonchev–Trinajstić information content (AvgIpc) is 2.38. The highest BCUT2D eigenvalue weighted by atomic mass is 15.0. The topological polar surface area (TPSA) is 50.1 Å². The number of hydrogen-bond donors (Lipinski definition) is 3. The fourth-order valence-electron chi connectivity index (χ4n) is 3.41. The van der Waals surface area contributed by atoms with Crippen LogP contribution in [-0.2, 0) is 0 Å². The van der Waals surface area contributed by atoms with Crippen LogP contribution < -0.4 is 16.4 Å². The van der Waals surface area contributed by atoms with Gasteiger partial charge in [-0.25, -0.2) is 0 Å². The number of nitrogens with one attached hydrogen (secondary N) is 2. The van der Waals surface area contributed by atoms with Crippen LogP contribution in [0.25, 0.3) is 0 Å². The minimum absolute atomic E-state index is 0.716. The summed E-state index contributed by atoms with van der Waals surface area (Å²) in [7, 11) is 0. The molecule has 0 aromatic heterocycles. The van der Waals surface area contributed by atoms with Crippen LogP contribution in [0.5, 0.6) is 0 Å². The molecule has 1 saturated carbocycles. The van der Waals surface area contributed by atoms with E-state index in [4.69, 9.17) is 5.73 Å². The van der Waals surface area contributed by atoms with E-state index in [1.165, 1.54) is 51.5 Å². The lowest BCUT2D eigenvalue weighted by molar-refractivity contribution is 0.183. The van der Waals surface area contributed by atoms with Crippen LogP contribution in [-0.4, -0.2) is 31.7 Å². The Hall–Kier alpha value is -0.120. The van der Waals surface area contributed by atoms with Crippen molar-refractivity contribution in [3.63, 3.8) is 0 Å². The van der Waals surface area contributed by atoms with E-state index in [-0.39, 0.29) is 0 Å². The van der Waals surface area contributed by atoms with Gasteiger partial charge in [0.2, 0.25) is 0 Å². The van der Waals surface area contributed by atoms with E-state index in [9.17, 15) is 0 Å². The summed E-state index contributed by atoms with van der Waals surface area (Å²) in [5.74, 6) is 0.848. The van der Waals surface area contributed by atoms with Gasteiger partial charge >= 0.3 is 0 Å². The lowest BCUT2D eigenvalue weighted by Crippen LogP contribution is -2.51. The van der Waals surface area contributed by atoms with E-state index in [1.807, 2.05) is 0 Å². The van der Waals surface area contributed by atoms with Gasteiger partial charge in [0.1, 0.15) is 0 Å². The van der Waals surface area contributed by atoms with Gasteiger partial charge in [0.15, 0.2) is 0 Å². The summed E-state index contributed by atoms with van der Waals surface area (Å²) in [4.78, 5) is 0. The molecule has 3 atom stereocenters. The van der Waals surface area contributed by atoms with Crippen molar-refractivity contribution in [2.45, 2.75) is 57.0 Å². The van der Waals surface area contributed by atoms with Crippen LogP contribution >= 0.6 is 0 Å². The number of rotatable bonds is 4. The van der Waals surface area contributed by atoms with Crippen LogP contribution in [0, 0.1) is 5.92 Å². The van der Waals surface area contributed by atoms with Gasteiger partial charge in [-0.05, 0) is 38.1 Å². The third-order valence-electron chi connectivity index (χ3n) is 4.24. The summed E-state index contributed by atoms with van der Waals surface area (Å²) >= 11 is 0. The Balaban J connectivity index is 1.86. The third kappa shape index (κ3) is 3.19. The molecule has 3 heteroatoms. The smallest absolute Gasteiger partial charge is 0.0111 e. The second-order valence-electron chi connectivity index (χ2n) is 5.35. The van der Waals surface area contributed by atoms with Crippen molar-refractivity contribution in [3.05, 3.63) is 0 Å². The molecule has 4 N–H and O–H groups in total. The largest absolute Gasteiger partial charge is 0.329 e. The normalized spacial score (nSPS) is 36.2. The maximum atomic E-state index is 5.59. The van der Waals surface area contributed by atoms with Crippen molar-refractivity contribution < 1.29 is 0 Å². The van der Waals surface area contributed by atoms with Crippen molar-refractivity contribution in [3.8, 4) is 0 Å². The van der Waals surface area contributed by atoms with Crippen LogP contribution in [0.4, 0.5) is 0 Å². The first-order valence-electron chi connectivity index (χ1n) is 7.08. The number of hydrogen-bond acceptors (Lipinski definition) is 3. The Morgan fingerprint density at radius 3 is 2.62 bits per heavy atom. The van der Waals surface area contributed by atoms with Crippen molar-refractivity contribution in [1.82, 2.24) is 10.6 Å². The van der Waals surface area contributed by atoms with Crippen LogP contribution in [0.3, 0.4) is 0 Å². The Morgan fingerprint density at radius 2 is 1.88 bits per heavy atom. The van der Waals surface area contributed by atoms with Gasteiger partial charge in [-0.3, -0.25) is 0 Å². The molecule has 1 heterocycles. The molecule has 94 valence electrons. The highest BCUT2D eigenvalue weighted by molar-refractivity contribution is 4.90. The summed E-state index contributed by atoms with van der Waals surface area (Å²) in [6.07, 6.45) is 9.73. The highest BCUT2D eigenvalue weighted by Gasteiger charge is 2.31. The molecule has 0 bridgehead atoms. The lowest BCUT2D eigenvalue weighted by Gasteiger charge is -2.40. The van der Waals surface area contributed by atoms with E-state index >= 15 is 0 Å². The Bertz CT molecular complexity index is 190. The molecule has 3 unspecified atom stereocenters. The van der Waals surface area contributed by atoms with Gasteiger partial charge in [0.25, 0.3) is 0 Å². The van der Waals surface area contributed by atoms with Gasteiger partial charge < -0.3 is 16.4 Å². The van der Waals surface area contributed by atoms with E-state index in [2.05, 4.69) is 10.6 Å². The number of piperidine rings is 1. The lowest BCUT2D eigenvalue weighted by atomic mass is 9.77. The maximum Gasteiger partial charge on any atom is 0.0111 e. The first-order chi connectivity index (χ1) is 7.92. The molecule has 2 fully saturated rings. The van der Waals surface area contributed by atoms with E-state index < -0.39 is 0 Å². The van der Waals surface area contributed by atoms with E-state index in [1.54, 1.807) is 0 Å². The minimum atomic E-state index is 0.716. The standard InChI is InChI=1S/C13H27N3/c14-8-10-16-13-6-2-1-5-11(13)12-7-3-4-9-15-12/h11-13,15-16H,1-10,14H2. The Labute approximate surface area is 99.5 Å². The molecule has 0 amide bonds. The second-order valence-corrected chi connectivity index (χ2v) is 5.35. The molecule has 16 heavy (non-hydrogen) atoms. The van der Waals surface area contributed by atoms with E-state index in [0.717, 1.165) is 25.0 Å². The molecule has 3 nitrogen and oxygen atoms in total. The van der Waals surface area contributed by atoms with Gasteiger partial charge in [-0.2, -0.15) is 0 Å². The molecule has 0 radical (unpaired) electrons. The van der Waals surface area contributed by atoms with Gasteiger partial charge in [0.05, 0.1) is 0 Å². The highest BCUT2D eigenvalue weighted by Crippen LogP contribution is 2.30. The predicted octanol–water partition coefficient (Wildman–Crippen LogP) is 1.24. The molecular formula is C13H27N3. The zero-order valence-corrected chi connectivity index (χ0v) is 10.4. The third-order valence-corrected chi connectivity index (χ3v) is 4.24. The maximum absolute atomic E-state index is 5.59. The number of nitrogens with two attached hydrogens (primary N) is 1. The minimum Gasteiger partial charge on any atom is -0.329 e. The SMILES string of the molecule is NCCNC1CCCCC1C1CCCCN1. The fraction of sp³-hybridized carbons (Fsp3) is 1.00. The average molecular weight is 225 g/mol. The quantitative estimate of drug-likeness (QED) is 0.674.